The zero-order chi connectivity index (χ0) is 11.6. The van der Waals surface area contributed by atoms with Crippen LogP contribution >= 0.6 is 11.8 Å². The Bertz CT molecular complexity index is 297. The number of rotatable bonds is 8. The van der Waals surface area contributed by atoms with Crippen LogP contribution in [0, 0.1) is 0 Å². The highest BCUT2D eigenvalue weighted by Crippen LogP contribution is 2.10. The summed E-state index contributed by atoms with van der Waals surface area (Å²) in [5.41, 5.74) is 0. The second kappa shape index (κ2) is 8.24. The molecule has 0 saturated heterocycles. The number of aromatic nitrogens is 1. The number of nitrogens with one attached hydrogen (secondary N) is 1. The van der Waals surface area contributed by atoms with E-state index >= 15 is 0 Å². The number of ether oxygens (including phenoxy) is 1. The molecule has 2 N–H and O–H groups in total. The number of anilines is 1. The molecule has 0 aliphatic heterocycles. The van der Waals surface area contributed by atoms with Crippen molar-refractivity contribution in [3.8, 4) is 5.88 Å². The molecule has 1 aromatic heterocycles. The first-order chi connectivity index (χ1) is 7.86. The molecular weight excluding hydrogens is 224 g/mol. The molecule has 0 aliphatic carbocycles. The van der Waals surface area contributed by atoms with Gasteiger partial charge in [-0.15, -0.1) is 0 Å². The number of hydrogen-bond acceptors (Lipinski definition) is 5. The highest BCUT2D eigenvalue weighted by atomic mass is 32.2. The zero-order valence-electron chi connectivity index (χ0n) is 9.48. The van der Waals surface area contributed by atoms with Crippen LogP contribution in [-0.4, -0.2) is 41.9 Å². The third-order valence-corrected chi connectivity index (χ3v) is 3.00. The van der Waals surface area contributed by atoms with Crippen molar-refractivity contribution in [2.75, 3.05) is 37.1 Å². The molecule has 1 rings (SSSR count). The van der Waals surface area contributed by atoms with Gasteiger partial charge in [-0.25, -0.2) is 0 Å². The fourth-order valence-corrected chi connectivity index (χ4v) is 1.93. The Morgan fingerprint density at radius 2 is 2.31 bits per heavy atom. The summed E-state index contributed by atoms with van der Waals surface area (Å²) < 4.78 is 5.03. The summed E-state index contributed by atoms with van der Waals surface area (Å²) in [7, 11) is 1.61. The van der Waals surface area contributed by atoms with Crippen molar-refractivity contribution in [1.82, 2.24) is 4.98 Å². The lowest BCUT2D eigenvalue weighted by Crippen LogP contribution is -2.06. The molecule has 0 unspecified atom stereocenters. The summed E-state index contributed by atoms with van der Waals surface area (Å²) in [4.78, 5) is 4.24. The largest absolute Gasteiger partial charge is 0.481 e. The summed E-state index contributed by atoms with van der Waals surface area (Å²) in [6.07, 6.45) is 0.863. The molecular formula is C11H18N2O2S. The monoisotopic (exact) mass is 242 g/mol. The minimum absolute atomic E-state index is 0.276. The fourth-order valence-electron chi connectivity index (χ4n) is 1.15. The Labute approximate surface area is 100 Å². The quantitative estimate of drug-likeness (QED) is 0.678. The molecule has 1 heterocycles. The molecule has 0 saturated carbocycles. The number of nitrogens with zero attached hydrogens (tertiary/aromatic N) is 1. The van der Waals surface area contributed by atoms with E-state index in [0.717, 1.165) is 30.3 Å². The van der Waals surface area contributed by atoms with E-state index in [1.165, 1.54) is 0 Å². The predicted octanol–water partition coefficient (Wildman–Crippen LogP) is 1.62. The van der Waals surface area contributed by atoms with Crippen LogP contribution in [0.5, 0.6) is 5.88 Å². The highest BCUT2D eigenvalue weighted by molar-refractivity contribution is 7.99. The van der Waals surface area contributed by atoms with Gasteiger partial charge in [0.1, 0.15) is 5.82 Å². The van der Waals surface area contributed by atoms with Gasteiger partial charge in [0.2, 0.25) is 5.88 Å². The maximum atomic E-state index is 8.61. The maximum absolute atomic E-state index is 8.61. The van der Waals surface area contributed by atoms with Gasteiger partial charge in [-0.2, -0.15) is 16.7 Å². The number of aliphatic hydroxyl groups is 1. The van der Waals surface area contributed by atoms with Gasteiger partial charge in [0.05, 0.1) is 7.11 Å². The molecule has 0 aromatic carbocycles. The van der Waals surface area contributed by atoms with Crippen molar-refractivity contribution in [3.05, 3.63) is 18.2 Å². The maximum Gasteiger partial charge on any atom is 0.214 e. The first kappa shape index (κ1) is 13.1. The first-order valence-corrected chi connectivity index (χ1v) is 6.46. The topological polar surface area (TPSA) is 54.4 Å². The third-order valence-electron chi connectivity index (χ3n) is 1.93. The van der Waals surface area contributed by atoms with Crippen molar-refractivity contribution in [2.24, 2.45) is 0 Å². The van der Waals surface area contributed by atoms with Crippen molar-refractivity contribution in [2.45, 2.75) is 6.42 Å². The lowest BCUT2D eigenvalue weighted by Gasteiger charge is -2.06. The average Bonchev–Trinajstić information content (AvgIpc) is 2.34. The summed E-state index contributed by atoms with van der Waals surface area (Å²) in [5.74, 6) is 3.47. The molecule has 0 spiro atoms. The molecule has 0 aliphatic rings. The van der Waals surface area contributed by atoms with E-state index < -0.39 is 0 Å². The second-order valence-corrected chi connectivity index (χ2v) is 4.41. The standard InChI is InChI=1S/C11H18N2O2S/c1-15-11-5-2-4-10(13-11)12-6-9-16-8-3-7-14/h2,4-5,14H,3,6-9H2,1H3,(H,12,13). The molecule has 1 aromatic rings. The Balaban J connectivity index is 2.16. The molecule has 0 amide bonds. The molecule has 5 heteroatoms. The van der Waals surface area contributed by atoms with Crippen LogP contribution in [0.3, 0.4) is 0 Å². The van der Waals surface area contributed by atoms with E-state index in [4.69, 9.17) is 9.84 Å². The average molecular weight is 242 g/mol. The second-order valence-electron chi connectivity index (χ2n) is 3.18. The van der Waals surface area contributed by atoms with E-state index in [-0.39, 0.29) is 6.61 Å². The molecule has 90 valence electrons. The first-order valence-electron chi connectivity index (χ1n) is 5.30. The Kier molecular flexibility index (Phi) is 6.76. The smallest absolute Gasteiger partial charge is 0.214 e. The molecule has 4 nitrogen and oxygen atoms in total. The molecule has 16 heavy (non-hydrogen) atoms. The van der Waals surface area contributed by atoms with Crippen molar-refractivity contribution >= 4 is 17.6 Å². The van der Waals surface area contributed by atoms with Crippen LogP contribution in [0.25, 0.3) is 0 Å². The van der Waals surface area contributed by atoms with Gasteiger partial charge in [-0.3, -0.25) is 0 Å². The van der Waals surface area contributed by atoms with Gasteiger partial charge in [0.25, 0.3) is 0 Å². The Hall–Kier alpha value is -0.940. The van der Waals surface area contributed by atoms with Crippen molar-refractivity contribution in [3.63, 3.8) is 0 Å². The molecule has 0 atom stereocenters. The lowest BCUT2D eigenvalue weighted by molar-refractivity contribution is 0.296. The number of thioether (sulfide) groups is 1. The van der Waals surface area contributed by atoms with Crippen LogP contribution in [0.15, 0.2) is 18.2 Å². The van der Waals surface area contributed by atoms with E-state index in [1.54, 1.807) is 7.11 Å². The van der Waals surface area contributed by atoms with Crippen LogP contribution in [0.4, 0.5) is 5.82 Å². The summed E-state index contributed by atoms with van der Waals surface area (Å²) in [5, 5.41) is 11.8. The van der Waals surface area contributed by atoms with Gasteiger partial charge in [-0.05, 0) is 18.2 Å². The SMILES string of the molecule is COc1cccc(NCCSCCCO)n1. The van der Waals surface area contributed by atoms with Gasteiger partial charge in [-0.1, -0.05) is 6.07 Å². The highest BCUT2D eigenvalue weighted by Gasteiger charge is 1.96. The predicted molar refractivity (Wildman–Crippen MR) is 68.3 cm³/mol. The lowest BCUT2D eigenvalue weighted by atomic mass is 10.4. The van der Waals surface area contributed by atoms with Gasteiger partial charge in [0.15, 0.2) is 0 Å². The van der Waals surface area contributed by atoms with E-state index in [9.17, 15) is 0 Å². The number of methoxy groups -OCH3 is 1. The Morgan fingerprint density at radius 3 is 3.06 bits per heavy atom. The van der Waals surface area contributed by atoms with E-state index in [1.807, 2.05) is 30.0 Å². The van der Waals surface area contributed by atoms with E-state index in [0.29, 0.717) is 5.88 Å². The van der Waals surface area contributed by atoms with E-state index in [2.05, 4.69) is 10.3 Å². The molecule has 0 bridgehead atoms. The fraction of sp³-hybridized carbons (Fsp3) is 0.545. The van der Waals surface area contributed by atoms with Crippen molar-refractivity contribution in [1.29, 1.82) is 0 Å². The molecule has 0 radical (unpaired) electrons. The summed E-state index contributed by atoms with van der Waals surface area (Å²) in [6, 6.07) is 5.65. The molecule has 0 fully saturated rings. The minimum atomic E-state index is 0.276. The third kappa shape index (κ3) is 5.23. The number of pyridine rings is 1. The normalized spacial score (nSPS) is 10.1. The number of hydrogen-bond donors (Lipinski definition) is 2. The summed E-state index contributed by atoms with van der Waals surface area (Å²) in [6.45, 7) is 1.15. The minimum Gasteiger partial charge on any atom is -0.481 e. The summed E-state index contributed by atoms with van der Waals surface area (Å²) >= 11 is 1.83. The van der Waals surface area contributed by atoms with Gasteiger partial charge in [0, 0.05) is 25.0 Å². The zero-order valence-corrected chi connectivity index (χ0v) is 10.3. The van der Waals surface area contributed by atoms with Crippen LogP contribution in [-0.2, 0) is 0 Å². The Morgan fingerprint density at radius 1 is 1.44 bits per heavy atom. The van der Waals surface area contributed by atoms with Gasteiger partial charge < -0.3 is 15.2 Å². The van der Waals surface area contributed by atoms with Gasteiger partial charge >= 0.3 is 0 Å². The van der Waals surface area contributed by atoms with Crippen LogP contribution < -0.4 is 10.1 Å². The number of aliphatic hydroxyl groups excluding tert-OH is 1. The van der Waals surface area contributed by atoms with Crippen LogP contribution in [0.1, 0.15) is 6.42 Å². The van der Waals surface area contributed by atoms with Crippen LogP contribution in [0.2, 0.25) is 0 Å². The van der Waals surface area contributed by atoms with Crippen molar-refractivity contribution < 1.29 is 9.84 Å².